The number of aromatic nitrogens is 3. The smallest absolute Gasteiger partial charge is 0.397 e. The molecule has 0 saturated carbocycles. The molecule has 1 atom stereocenters. The number of rotatable bonds is 6. The van der Waals surface area contributed by atoms with Gasteiger partial charge < -0.3 is 21.4 Å². The number of alkyl halides is 3. The molecule has 0 aliphatic carbocycles. The standard InChI is InChI=1S/C19H21F3N6O/c1-10(2)16(18(29)27-9-19(20,21)22)28-13-3-11(5-24-7-13)15-8-26-17-14(15)4-12(23)6-25-17/h3-8,10,16,28H,9,23H2,1-2H3,(H,25,26)(H,27,29)/t16-/m0/s1. The summed E-state index contributed by atoms with van der Waals surface area (Å²) in [5, 5.41) is 5.72. The monoisotopic (exact) mass is 406 g/mol. The van der Waals surface area contributed by atoms with Crippen molar-refractivity contribution in [2.45, 2.75) is 26.1 Å². The average molecular weight is 406 g/mol. The largest absolute Gasteiger partial charge is 0.405 e. The SMILES string of the molecule is CC(C)[C@H](Nc1cncc(-c2c[nH]c3ncc(N)cc23)c1)C(=O)NCC(F)(F)F. The number of halogens is 3. The van der Waals surface area contributed by atoms with Gasteiger partial charge in [-0.2, -0.15) is 13.2 Å². The number of H-pyrrole nitrogens is 1. The summed E-state index contributed by atoms with van der Waals surface area (Å²) in [6.07, 6.45) is 2.01. The van der Waals surface area contributed by atoms with E-state index in [0.29, 0.717) is 17.0 Å². The fraction of sp³-hybridized carbons (Fsp3) is 0.316. The van der Waals surface area contributed by atoms with Crippen molar-refractivity contribution in [2.24, 2.45) is 5.92 Å². The number of fused-ring (bicyclic) bond motifs is 1. The summed E-state index contributed by atoms with van der Waals surface area (Å²) >= 11 is 0. The van der Waals surface area contributed by atoms with Gasteiger partial charge in [0.25, 0.3) is 0 Å². The fourth-order valence-electron chi connectivity index (χ4n) is 2.94. The lowest BCUT2D eigenvalue weighted by Crippen LogP contribution is -2.46. The summed E-state index contributed by atoms with van der Waals surface area (Å²) in [4.78, 5) is 23.7. The third kappa shape index (κ3) is 4.95. The summed E-state index contributed by atoms with van der Waals surface area (Å²) in [6, 6.07) is 2.70. The molecule has 0 aromatic carbocycles. The number of pyridine rings is 2. The molecule has 154 valence electrons. The molecule has 5 N–H and O–H groups in total. The van der Waals surface area contributed by atoms with E-state index in [4.69, 9.17) is 5.73 Å². The fourth-order valence-corrected chi connectivity index (χ4v) is 2.94. The number of nitrogens with one attached hydrogen (secondary N) is 3. The summed E-state index contributed by atoms with van der Waals surface area (Å²) in [5.74, 6) is -0.976. The van der Waals surface area contributed by atoms with Crippen molar-refractivity contribution < 1.29 is 18.0 Å². The second-order valence-electron chi connectivity index (χ2n) is 7.03. The predicted molar refractivity (Wildman–Crippen MR) is 105 cm³/mol. The van der Waals surface area contributed by atoms with Gasteiger partial charge in [0.15, 0.2) is 0 Å². The van der Waals surface area contributed by atoms with E-state index >= 15 is 0 Å². The maximum absolute atomic E-state index is 12.4. The van der Waals surface area contributed by atoms with Crippen molar-refractivity contribution in [1.29, 1.82) is 0 Å². The van der Waals surface area contributed by atoms with Crippen molar-refractivity contribution in [3.05, 3.63) is 36.9 Å². The molecule has 0 fully saturated rings. The highest BCUT2D eigenvalue weighted by Gasteiger charge is 2.30. The van der Waals surface area contributed by atoms with Gasteiger partial charge in [0.1, 0.15) is 18.2 Å². The molecular formula is C19H21F3N6O. The van der Waals surface area contributed by atoms with Crippen LogP contribution in [0, 0.1) is 5.92 Å². The lowest BCUT2D eigenvalue weighted by atomic mass is 10.0. The van der Waals surface area contributed by atoms with Crippen molar-refractivity contribution in [3.63, 3.8) is 0 Å². The Morgan fingerprint density at radius 1 is 1.24 bits per heavy atom. The summed E-state index contributed by atoms with van der Waals surface area (Å²) in [7, 11) is 0. The van der Waals surface area contributed by atoms with Crippen LogP contribution in [0.25, 0.3) is 22.2 Å². The minimum atomic E-state index is -4.47. The van der Waals surface area contributed by atoms with Crippen LogP contribution in [-0.4, -0.2) is 39.6 Å². The number of hydrogen-bond donors (Lipinski definition) is 4. The lowest BCUT2D eigenvalue weighted by Gasteiger charge is -2.23. The first-order valence-electron chi connectivity index (χ1n) is 8.93. The Labute approximate surface area is 164 Å². The zero-order chi connectivity index (χ0) is 21.2. The van der Waals surface area contributed by atoms with E-state index in [0.717, 1.165) is 16.5 Å². The first-order valence-corrected chi connectivity index (χ1v) is 8.93. The van der Waals surface area contributed by atoms with Gasteiger partial charge in [0.05, 0.1) is 17.6 Å². The highest BCUT2D eigenvalue weighted by molar-refractivity contribution is 5.95. The maximum atomic E-state index is 12.4. The van der Waals surface area contributed by atoms with E-state index in [1.807, 2.05) is 5.32 Å². The molecule has 3 rings (SSSR count). The minimum Gasteiger partial charge on any atom is -0.397 e. The first-order chi connectivity index (χ1) is 13.6. The number of hydrogen-bond acceptors (Lipinski definition) is 5. The molecule has 29 heavy (non-hydrogen) atoms. The van der Waals surface area contributed by atoms with Crippen LogP contribution in [0.2, 0.25) is 0 Å². The summed E-state index contributed by atoms with van der Waals surface area (Å²) in [5.41, 5.74) is 9.07. The highest BCUT2D eigenvalue weighted by Crippen LogP contribution is 2.30. The molecular weight excluding hydrogens is 385 g/mol. The molecule has 0 unspecified atom stereocenters. The zero-order valence-corrected chi connectivity index (χ0v) is 15.8. The van der Waals surface area contributed by atoms with E-state index in [1.165, 1.54) is 6.20 Å². The summed E-state index contributed by atoms with van der Waals surface area (Å²) in [6.45, 7) is 2.12. The van der Waals surface area contributed by atoms with Crippen LogP contribution in [0.3, 0.4) is 0 Å². The van der Waals surface area contributed by atoms with Crippen LogP contribution in [0.1, 0.15) is 13.8 Å². The number of nitrogens with zero attached hydrogens (tertiary/aromatic N) is 2. The van der Waals surface area contributed by atoms with Crippen LogP contribution < -0.4 is 16.4 Å². The van der Waals surface area contributed by atoms with Crippen molar-refractivity contribution in [1.82, 2.24) is 20.3 Å². The second-order valence-corrected chi connectivity index (χ2v) is 7.03. The van der Waals surface area contributed by atoms with Gasteiger partial charge >= 0.3 is 6.18 Å². The van der Waals surface area contributed by atoms with Crippen molar-refractivity contribution >= 4 is 28.3 Å². The van der Waals surface area contributed by atoms with Gasteiger partial charge in [-0.15, -0.1) is 0 Å². The van der Waals surface area contributed by atoms with Gasteiger partial charge in [-0.1, -0.05) is 13.8 Å². The van der Waals surface area contributed by atoms with E-state index in [1.54, 1.807) is 44.6 Å². The number of aromatic amines is 1. The molecule has 0 bridgehead atoms. The van der Waals surface area contributed by atoms with E-state index < -0.39 is 24.7 Å². The predicted octanol–water partition coefficient (Wildman–Crippen LogP) is 3.32. The minimum absolute atomic E-state index is 0.246. The second kappa shape index (κ2) is 7.98. The Morgan fingerprint density at radius 2 is 2.00 bits per heavy atom. The molecule has 3 aromatic heterocycles. The van der Waals surface area contributed by atoms with Crippen molar-refractivity contribution in [2.75, 3.05) is 17.6 Å². The molecule has 3 aromatic rings. The first kappa shape index (κ1) is 20.4. The number of amides is 1. The molecule has 3 heterocycles. The number of carbonyl (C=O) groups is 1. The van der Waals surface area contributed by atoms with E-state index in [2.05, 4.69) is 20.3 Å². The molecule has 7 nitrogen and oxygen atoms in total. The number of nitrogen functional groups attached to an aromatic ring is 1. The average Bonchev–Trinajstić information content (AvgIpc) is 3.06. The van der Waals surface area contributed by atoms with Crippen molar-refractivity contribution in [3.8, 4) is 11.1 Å². The van der Waals surface area contributed by atoms with Gasteiger partial charge in [0.2, 0.25) is 5.91 Å². The Kier molecular flexibility index (Phi) is 5.62. The van der Waals surface area contributed by atoms with Crippen LogP contribution in [0.5, 0.6) is 0 Å². The van der Waals surface area contributed by atoms with Crippen LogP contribution in [0.15, 0.2) is 36.9 Å². The van der Waals surface area contributed by atoms with Gasteiger partial charge in [0, 0.05) is 35.1 Å². The maximum Gasteiger partial charge on any atom is 0.405 e. The molecule has 0 radical (unpaired) electrons. The van der Waals surface area contributed by atoms with Crippen LogP contribution in [0.4, 0.5) is 24.5 Å². The Morgan fingerprint density at radius 3 is 2.69 bits per heavy atom. The number of nitrogens with two attached hydrogens (primary N) is 1. The van der Waals surface area contributed by atoms with Crippen LogP contribution >= 0.6 is 0 Å². The van der Waals surface area contributed by atoms with Crippen LogP contribution in [-0.2, 0) is 4.79 Å². The number of anilines is 2. The lowest BCUT2D eigenvalue weighted by molar-refractivity contribution is -0.139. The molecule has 10 heteroatoms. The van der Waals surface area contributed by atoms with E-state index in [9.17, 15) is 18.0 Å². The Hall–Kier alpha value is -3.30. The normalized spacial score (nSPS) is 12.9. The third-order valence-corrected chi connectivity index (χ3v) is 4.34. The highest BCUT2D eigenvalue weighted by atomic mass is 19.4. The Bertz CT molecular complexity index is 1010. The topological polar surface area (TPSA) is 109 Å². The number of carbonyl (C=O) groups excluding carboxylic acids is 1. The summed E-state index contributed by atoms with van der Waals surface area (Å²) < 4.78 is 37.2. The quantitative estimate of drug-likeness (QED) is 0.502. The molecule has 0 aliphatic heterocycles. The zero-order valence-electron chi connectivity index (χ0n) is 15.8. The van der Waals surface area contributed by atoms with Gasteiger partial charge in [-0.05, 0) is 18.1 Å². The van der Waals surface area contributed by atoms with Gasteiger partial charge in [-0.3, -0.25) is 9.78 Å². The molecule has 1 amide bonds. The molecule has 0 aliphatic rings. The molecule has 0 saturated heterocycles. The Balaban J connectivity index is 1.84. The molecule has 0 spiro atoms. The van der Waals surface area contributed by atoms with E-state index in [-0.39, 0.29) is 5.92 Å². The van der Waals surface area contributed by atoms with Gasteiger partial charge in [-0.25, -0.2) is 4.98 Å². The third-order valence-electron chi connectivity index (χ3n) is 4.34.